The Labute approximate surface area is 120 Å². The highest BCUT2D eigenvalue weighted by atomic mass is 15.1. The summed E-state index contributed by atoms with van der Waals surface area (Å²) < 4.78 is 0. The van der Waals surface area contributed by atoms with E-state index < -0.39 is 0 Å². The van der Waals surface area contributed by atoms with Crippen molar-refractivity contribution in [3.8, 4) is 0 Å². The van der Waals surface area contributed by atoms with E-state index in [0.29, 0.717) is 0 Å². The van der Waals surface area contributed by atoms with Crippen LogP contribution in [-0.4, -0.2) is 6.67 Å². The zero-order valence-electron chi connectivity index (χ0n) is 12.0. The van der Waals surface area contributed by atoms with E-state index >= 15 is 0 Å². The zero-order valence-corrected chi connectivity index (χ0v) is 12.0. The molecule has 0 aromatic heterocycles. The maximum atomic E-state index is 3.54. The van der Waals surface area contributed by atoms with Crippen LogP contribution in [0.25, 0.3) is 5.70 Å². The Balaban J connectivity index is 2.05. The number of aryl methyl sites for hydroxylation is 1. The number of hydrogen-bond donors (Lipinski definition) is 2. The highest BCUT2D eigenvalue weighted by Gasteiger charge is 2.21. The fraction of sp³-hybridized carbons (Fsp3) is 0.222. The number of nitrogens with one attached hydrogen (secondary N) is 2. The van der Waals surface area contributed by atoms with Crippen LogP contribution in [0.15, 0.2) is 60.2 Å². The van der Waals surface area contributed by atoms with Crippen molar-refractivity contribution in [1.82, 2.24) is 10.6 Å². The van der Waals surface area contributed by atoms with Gasteiger partial charge in [0.2, 0.25) is 0 Å². The van der Waals surface area contributed by atoms with E-state index in [1.807, 2.05) is 0 Å². The third-order valence-electron chi connectivity index (χ3n) is 3.95. The summed E-state index contributed by atoms with van der Waals surface area (Å²) in [6.45, 7) is 5.16. The van der Waals surface area contributed by atoms with Crippen LogP contribution in [-0.2, 0) is 0 Å². The third kappa shape index (κ3) is 2.35. The van der Waals surface area contributed by atoms with Crippen LogP contribution in [0, 0.1) is 6.92 Å². The van der Waals surface area contributed by atoms with Crippen LogP contribution in [0.5, 0.6) is 0 Å². The first-order valence-electron chi connectivity index (χ1n) is 7.06. The molecule has 0 amide bonds. The maximum absolute atomic E-state index is 3.54. The van der Waals surface area contributed by atoms with Crippen LogP contribution in [0.4, 0.5) is 0 Å². The quantitative estimate of drug-likeness (QED) is 0.865. The minimum absolute atomic E-state index is 0.284. The molecule has 1 heterocycles. The third-order valence-corrected chi connectivity index (χ3v) is 3.95. The molecule has 3 rings (SSSR count). The molecule has 1 unspecified atom stereocenters. The smallest absolute Gasteiger partial charge is 0.0660 e. The normalized spacial score (nSPS) is 18.8. The van der Waals surface area contributed by atoms with Crippen LogP contribution in [0.3, 0.4) is 0 Å². The number of benzene rings is 2. The first kappa shape index (κ1) is 12.9. The fourth-order valence-electron chi connectivity index (χ4n) is 2.85. The van der Waals surface area contributed by atoms with Gasteiger partial charge in [-0.1, -0.05) is 54.6 Å². The van der Waals surface area contributed by atoms with E-state index in [1.54, 1.807) is 0 Å². The molecule has 0 aliphatic carbocycles. The van der Waals surface area contributed by atoms with Crippen LogP contribution in [0.1, 0.15) is 29.7 Å². The topological polar surface area (TPSA) is 24.1 Å². The molecule has 1 atom stereocenters. The molecule has 0 radical (unpaired) electrons. The van der Waals surface area contributed by atoms with Crippen LogP contribution >= 0.6 is 0 Å². The SMILES string of the molecule is CC1=C(c2ccccc2C)NCNC1c1ccccc1. The van der Waals surface area contributed by atoms with Gasteiger partial charge in [-0.05, 0) is 30.5 Å². The molecule has 2 N–H and O–H groups in total. The van der Waals surface area contributed by atoms with Crippen molar-refractivity contribution in [3.63, 3.8) is 0 Å². The minimum Gasteiger partial charge on any atom is -0.372 e. The molecular formula is C18H20N2. The van der Waals surface area contributed by atoms with E-state index in [2.05, 4.69) is 79.1 Å². The second-order valence-electron chi connectivity index (χ2n) is 5.27. The van der Waals surface area contributed by atoms with Crippen molar-refractivity contribution < 1.29 is 0 Å². The molecule has 102 valence electrons. The molecule has 0 bridgehead atoms. The highest BCUT2D eigenvalue weighted by molar-refractivity contribution is 5.71. The number of hydrogen-bond acceptors (Lipinski definition) is 2. The summed E-state index contributed by atoms with van der Waals surface area (Å²) in [7, 11) is 0. The van der Waals surface area contributed by atoms with Crippen molar-refractivity contribution >= 4 is 5.70 Å². The van der Waals surface area contributed by atoms with E-state index in [4.69, 9.17) is 0 Å². The minimum atomic E-state index is 0.284. The van der Waals surface area contributed by atoms with Gasteiger partial charge in [-0.15, -0.1) is 0 Å². The van der Waals surface area contributed by atoms with Crippen molar-refractivity contribution in [3.05, 3.63) is 76.9 Å². The highest BCUT2D eigenvalue weighted by Crippen LogP contribution is 2.30. The summed E-state index contributed by atoms with van der Waals surface area (Å²) in [4.78, 5) is 0. The molecule has 0 spiro atoms. The molecule has 0 saturated carbocycles. The molecule has 2 aromatic carbocycles. The lowest BCUT2D eigenvalue weighted by molar-refractivity contribution is 0.548. The monoisotopic (exact) mass is 264 g/mol. The summed E-state index contributed by atoms with van der Waals surface area (Å²) in [5.74, 6) is 0. The van der Waals surface area contributed by atoms with Crippen LogP contribution < -0.4 is 10.6 Å². The summed E-state index contributed by atoms with van der Waals surface area (Å²) in [5, 5.41) is 7.03. The predicted octanol–water partition coefficient (Wildman–Crippen LogP) is 3.62. The lowest BCUT2D eigenvalue weighted by atomic mass is 9.93. The van der Waals surface area contributed by atoms with Gasteiger partial charge in [0, 0.05) is 11.3 Å². The predicted molar refractivity (Wildman–Crippen MR) is 84.1 cm³/mol. The summed E-state index contributed by atoms with van der Waals surface area (Å²) in [5.41, 5.74) is 6.53. The maximum Gasteiger partial charge on any atom is 0.0660 e. The van der Waals surface area contributed by atoms with Crippen molar-refractivity contribution in [1.29, 1.82) is 0 Å². The molecule has 1 aliphatic rings. The van der Waals surface area contributed by atoms with Gasteiger partial charge in [0.25, 0.3) is 0 Å². The van der Waals surface area contributed by atoms with Gasteiger partial charge < -0.3 is 5.32 Å². The van der Waals surface area contributed by atoms with Crippen LogP contribution in [0.2, 0.25) is 0 Å². The molecule has 0 saturated heterocycles. The number of rotatable bonds is 2. The molecule has 0 fully saturated rings. The molecule has 2 nitrogen and oxygen atoms in total. The Hall–Kier alpha value is -2.06. The molecule has 2 aromatic rings. The van der Waals surface area contributed by atoms with Gasteiger partial charge in [0.1, 0.15) is 0 Å². The van der Waals surface area contributed by atoms with Crippen molar-refractivity contribution in [2.45, 2.75) is 19.9 Å². The van der Waals surface area contributed by atoms with Gasteiger partial charge in [0.05, 0.1) is 12.7 Å². The standard InChI is InChI=1S/C18H20N2/c1-13-8-6-7-11-16(13)18-14(2)17(19-12-20-18)15-9-4-3-5-10-15/h3-11,17,19-20H,12H2,1-2H3. The lowest BCUT2D eigenvalue weighted by Gasteiger charge is -2.30. The average Bonchev–Trinajstić information content (AvgIpc) is 2.49. The Bertz CT molecular complexity index is 629. The lowest BCUT2D eigenvalue weighted by Crippen LogP contribution is -2.38. The van der Waals surface area contributed by atoms with Gasteiger partial charge in [-0.3, -0.25) is 5.32 Å². The molecule has 1 aliphatic heterocycles. The summed E-state index contributed by atoms with van der Waals surface area (Å²) in [6, 6.07) is 19.4. The van der Waals surface area contributed by atoms with Gasteiger partial charge in [-0.25, -0.2) is 0 Å². The Morgan fingerprint density at radius 1 is 0.900 bits per heavy atom. The Kier molecular flexibility index (Phi) is 3.57. The molecule has 2 heteroatoms. The van der Waals surface area contributed by atoms with E-state index in [9.17, 15) is 0 Å². The van der Waals surface area contributed by atoms with E-state index in [1.165, 1.54) is 28.0 Å². The summed E-state index contributed by atoms with van der Waals surface area (Å²) in [6.07, 6.45) is 0. The zero-order chi connectivity index (χ0) is 13.9. The fourth-order valence-corrected chi connectivity index (χ4v) is 2.85. The van der Waals surface area contributed by atoms with Gasteiger partial charge >= 0.3 is 0 Å². The second kappa shape index (κ2) is 5.51. The van der Waals surface area contributed by atoms with Gasteiger partial charge in [-0.2, -0.15) is 0 Å². The Morgan fingerprint density at radius 2 is 1.60 bits per heavy atom. The first-order valence-corrected chi connectivity index (χ1v) is 7.06. The first-order chi connectivity index (χ1) is 9.77. The van der Waals surface area contributed by atoms with Crippen molar-refractivity contribution in [2.24, 2.45) is 0 Å². The molecular weight excluding hydrogens is 244 g/mol. The second-order valence-corrected chi connectivity index (χ2v) is 5.27. The van der Waals surface area contributed by atoms with Crippen molar-refractivity contribution in [2.75, 3.05) is 6.67 Å². The van der Waals surface area contributed by atoms with Gasteiger partial charge in [0.15, 0.2) is 0 Å². The Morgan fingerprint density at radius 3 is 2.35 bits per heavy atom. The largest absolute Gasteiger partial charge is 0.372 e. The average molecular weight is 264 g/mol. The van der Waals surface area contributed by atoms with E-state index in [-0.39, 0.29) is 6.04 Å². The van der Waals surface area contributed by atoms with E-state index in [0.717, 1.165) is 6.67 Å². The molecule has 20 heavy (non-hydrogen) atoms. The summed E-state index contributed by atoms with van der Waals surface area (Å²) >= 11 is 0.